The summed E-state index contributed by atoms with van der Waals surface area (Å²) in [6.07, 6.45) is 6.46. The van der Waals surface area contributed by atoms with E-state index >= 15 is 0 Å². The topological polar surface area (TPSA) is 59.7 Å². The van der Waals surface area contributed by atoms with E-state index in [0.717, 1.165) is 37.4 Å². The third kappa shape index (κ3) is 5.80. The van der Waals surface area contributed by atoms with Gasteiger partial charge < -0.3 is 10.6 Å². The fourth-order valence-corrected chi connectivity index (χ4v) is 2.99. The first-order valence-electron chi connectivity index (χ1n) is 8.82. The first kappa shape index (κ1) is 19.4. The molecule has 142 valence electrons. The van der Waals surface area contributed by atoms with Crippen molar-refractivity contribution in [2.45, 2.75) is 33.4 Å². The average molecular weight is 403 g/mol. The van der Waals surface area contributed by atoms with Crippen LogP contribution in [0.2, 0.25) is 5.02 Å². The average Bonchev–Trinajstić information content (AvgIpc) is 3.20. The zero-order valence-corrected chi connectivity index (χ0v) is 17.0. The molecule has 0 atom stereocenters. The van der Waals surface area contributed by atoms with Gasteiger partial charge >= 0.3 is 0 Å². The van der Waals surface area contributed by atoms with Crippen molar-refractivity contribution in [1.29, 1.82) is 0 Å². The lowest BCUT2D eigenvalue weighted by molar-refractivity contribution is 0.570. The molecule has 0 aliphatic carbocycles. The zero-order chi connectivity index (χ0) is 19.2. The van der Waals surface area contributed by atoms with E-state index in [4.69, 9.17) is 23.8 Å². The zero-order valence-electron chi connectivity index (χ0n) is 15.4. The van der Waals surface area contributed by atoms with Gasteiger partial charge in [-0.05, 0) is 38.0 Å². The van der Waals surface area contributed by atoms with Gasteiger partial charge in [0.15, 0.2) is 5.11 Å². The molecule has 0 unspecified atom stereocenters. The Morgan fingerprint density at radius 1 is 1.15 bits per heavy atom. The molecule has 0 aliphatic heterocycles. The molecule has 2 heterocycles. The van der Waals surface area contributed by atoms with Crippen molar-refractivity contribution in [3.05, 3.63) is 64.7 Å². The molecule has 1 aromatic carbocycles. The van der Waals surface area contributed by atoms with E-state index in [1.54, 1.807) is 6.20 Å². The molecule has 0 fully saturated rings. The molecule has 3 rings (SSSR count). The van der Waals surface area contributed by atoms with Crippen LogP contribution in [0.3, 0.4) is 0 Å². The van der Waals surface area contributed by atoms with Gasteiger partial charge in [0.05, 0.1) is 29.1 Å². The van der Waals surface area contributed by atoms with Crippen molar-refractivity contribution in [2.24, 2.45) is 0 Å². The van der Waals surface area contributed by atoms with Gasteiger partial charge in [-0.1, -0.05) is 41.4 Å². The Kier molecular flexibility index (Phi) is 6.47. The maximum absolute atomic E-state index is 6.01. The Balaban J connectivity index is 1.40. The van der Waals surface area contributed by atoms with Gasteiger partial charge in [-0.2, -0.15) is 10.2 Å². The number of nitrogens with one attached hydrogen (secondary N) is 2. The summed E-state index contributed by atoms with van der Waals surface area (Å²) in [5.74, 6) is 0. The number of halogens is 1. The van der Waals surface area contributed by atoms with Gasteiger partial charge in [-0.3, -0.25) is 9.36 Å². The third-order valence-corrected chi connectivity index (χ3v) is 4.71. The second-order valence-corrected chi connectivity index (χ2v) is 7.29. The molecular formula is C19H23ClN6S. The molecule has 0 bridgehead atoms. The first-order chi connectivity index (χ1) is 13.0. The molecule has 0 saturated carbocycles. The smallest absolute Gasteiger partial charge is 0.170 e. The van der Waals surface area contributed by atoms with Crippen LogP contribution >= 0.6 is 23.8 Å². The van der Waals surface area contributed by atoms with Crippen molar-refractivity contribution in [1.82, 2.24) is 24.9 Å². The molecular weight excluding hydrogens is 380 g/mol. The SMILES string of the molecule is Cc1ccc(Cn2cc(NC(=S)NCCCn3cc(Cl)c(C)n3)cn2)cc1. The summed E-state index contributed by atoms with van der Waals surface area (Å²) in [7, 11) is 0. The van der Waals surface area contributed by atoms with E-state index < -0.39 is 0 Å². The number of hydrogen-bond acceptors (Lipinski definition) is 3. The van der Waals surface area contributed by atoms with E-state index in [1.807, 2.05) is 28.7 Å². The Labute approximate surface area is 169 Å². The van der Waals surface area contributed by atoms with Gasteiger partial charge in [0.25, 0.3) is 0 Å². The lowest BCUT2D eigenvalue weighted by atomic mass is 10.1. The molecule has 0 radical (unpaired) electrons. The highest BCUT2D eigenvalue weighted by Gasteiger charge is 2.04. The summed E-state index contributed by atoms with van der Waals surface area (Å²) in [6, 6.07) is 8.44. The van der Waals surface area contributed by atoms with E-state index in [2.05, 4.69) is 52.0 Å². The van der Waals surface area contributed by atoms with E-state index in [-0.39, 0.29) is 0 Å². The lowest BCUT2D eigenvalue weighted by Crippen LogP contribution is -2.29. The van der Waals surface area contributed by atoms with Crippen LogP contribution in [0.4, 0.5) is 5.69 Å². The van der Waals surface area contributed by atoms with Crippen LogP contribution in [-0.4, -0.2) is 31.2 Å². The highest BCUT2D eigenvalue weighted by molar-refractivity contribution is 7.80. The number of aryl methyl sites for hydroxylation is 3. The van der Waals surface area contributed by atoms with Gasteiger partial charge in [-0.25, -0.2) is 0 Å². The van der Waals surface area contributed by atoms with Crippen LogP contribution in [0.5, 0.6) is 0 Å². The third-order valence-electron chi connectivity index (χ3n) is 4.09. The molecule has 0 saturated heterocycles. The van der Waals surface area contributed by atoms with Gasteiger partial charge in [0.2, 0.25) is 0 Å². The molecule has 6 nitrogen and oxygen atoms in total. The summed E-state index contributed by atoms with van der Waals surface area (Å²) in [6.45, 7) is 6.25. The predicted octanol–water partition coefficient (Wildman–Crippen LogP) is 3.77. The predicted molar refractivity (Wildman–Crippen MR) is 113 cm³/mol. The van der Waals surface area contributed by atoms with Crippen molar-refractivity contribution < 1.29 is 0 Å². The Bertz CT molecular complexity index is 880. The van der Waals surface area contributed by atoms with E-state index in [9.17, 15) is 0 Å². The first-order valence-corrected chi connectivity index (χ1v) is 9.60. The number of nitrogens with zero attached hydrogens (tertiary/aromatic N) is 4. The highest BCUT2D eigenvalue weighted by atomic mass is 35.5. The number of aromatic nitrogens is 4. The van der Waals surface area contributed by atoms with Gasteiger partial charge in [-0.15, -0.1) is 0 Å². The minimum atomic E-state index is 0.583. The maximum atomic E-state index is 6.01. The van der Waals surface area contributed by atoms with Crippen molar-refractivity contribution in [2.75, 3.05) is 11.9 Å². The van der Waals surface area contributed by atoms with Crippen LogP contribution in [0, 0.1) is 13.8 Å². The summed E-state index contributed by atoms with van der Waals surface area (Å²) >= 11 is 11.3. The largest absolute Gasteiger partial charge is 0.362 e. The van der Waals surface area contributed by atoms with Crippen molar-refractivity contribution in [3.63, 3.8) is 0 Å². The highest BCUT2D eigenvalue weighted by Crippen LogP contribution is 2.12. The summed E-state index contributed by atoms with van der Waals surface area (Å²) in [5, 5.41) is 16.3. The Hall–Kier alpha value is -2.38. The Morgan fingerprint density at radius 2 is 1.93 bits per heavy atom. The monoisotopic (exact) mass is 402 g/mol. The second-order valence-electron chi connectivity index (χ2n) is 6.47. The normalized spacial score (nSPS) is 10.8. The van der Waals surface area contributed by atoms with Crippen LogP contribution in [0.15, 0.2) is 42.9 Å². The molecule has 0 aliphatic rings. The number of benzene rings is 1. The number of rotatable bonds is 7. The molecule has 2 aromatic heterocycles. The Morgan fingerprint density at radius 3 is 2.63 bits per heavy atom. The standard InChI is InChI=1S/C19H23ClN6S/c1-14-4-6-16(7-5-14)11-26-12-17(10-22-26)23-19(27)21-8-3-9-25-13-18(20)15(2)24-25/h4-7,10,12-13H,3,8-9,11H2,1-2H3,(H2,21,23,27). The molecule has 3 aromatic rings. The number of hydrogen-bond donors (Lipinski definition) is 2. The van der Waals surface area contributed by atoms with Crippen LogP contribution in [-0.2, 0) is 13.1 Å². The molecule has 27 heavy (non-hydrogen) atoms. The molecule has 8 heteroatoms. The maximum Gasteiger partial charge on any atom is 0.170 e. The summed E-state index contributed by atoms with van der Waals surface area (Å²) in [4.78, 5) is 0. The fourth-order valence-electron chi connectivity index (χ4n) is 2.62. The summed E-state index contributed by atoms with van der Waals surface area (Å²) < 4.78 is 3.74. The van der Waals surface area contributed by atoms with Crippen LogP contribution in [0.1, 0.15) is 23.2 Å². The minimum absolute atomic E-state index is 0.583. The number of anilines is 1. The van der Waals surface area contributed by atoms with E-state index in [1.165, 1.54) is 11.1 Å². The van der Waals surface area contributed by atoms with Crippen LogP contribution in [0.25, 0.3) is 0 Å². The second kappa shape index (κ2) is 9.01. The summed E-state index contributed by atoms with van der Waals surface area (Å²) in [5.41, 5.74) is 4.19. The van der Waals surface area contributed by atoms with Crippen LogP contribution < -0.4 is 10.6 Å². The van der Waals surface area contributed by atoms with Crippen molar-refractivity contribution >= 4 is 34.6 Å². The minimum Gasteiger partial charge on any atom is -0.362 e. The van der Waals surface area contributed by atoms with E-state index in [0.29, 0.717) is 10.1 Å². The van der Waals surface area contributed by atoms with Crippen molar-refractivity contribution in [3.8, 4) is 0 Å². The number of thiocarbonyl (C=S) groups is 1. The quantitative estimate of drug-likeness (QED) is 0.465. The molecule has 2 N–H and O–H groups in total. The lowest BCUT2D eigenvalue weighted by Gasteiger charge is -2.09. The fraction of sp³-hybridized carbons (Fsp3) is 0.316. The van der Waals surface area contributed by atoms with Gasteiger partial charge in [0, 0.05) is 25.5 Å². The molecule has 0 spiro atoms. The van der Waals surface area contributed by atoms with Gasteiger partial charge in [0.1, 0.15) is 0 Å². The molecule has 0 amide bonds.